The monoisotopic (exact) mass is 231 g/mol. The summed E-state index contributed by atoms with van der Waals surface area (Å²) in [5, 5.41) is 0. The number of anilines is 1. The molecule has 0 aliphatic rings. The predicted molar refractivity (Wildman–Crippen MR) is 66.0 cm³/mol. The number of nitrogen functional groups attached to an aromatic ring is 1. The first-order valence-electron chi connectivity index (χ1n) is 5.35. The molecule has 2 N–H and O–H groups in total. The van der Waals surface area contributed by atoms with Gasteiger partial charge in [0, 0.05) is 11.6 Å². The summed E-state index contributed by atoms with van der Waals surface area (Å²) >= 11 is 0. The molecule has 0 amide bonds. The van der Waals surface area contributed by atoms with Crippen molar-refractivity contribution in [1.82, 2.24) is 9.97 Å². The third kappa shape index (κ3) is 2.25. The van der Waals surface area contributed by atoms with Gasteiger partial charge in [0.25, 0.3) is 0 Å². The Morgan fingerprint density at radius 1 is 1.06 bits per heavy atom. The Bertz CT molecular complexity index is 536. The van der Waals surface area contributed by atoms with Crippen LogP contribution in [0, 0.1) is 26.6 Å². The fourth-order valence-electron chi connectivity index (χ4n) is 1.96. The first-order chi connectivity index (χ1) is 7.97. The van der Waals surface area contributed by atoms with Crippen molar-refractivity contribution in [3.63, 3.8) is 0 Å². The summed E-state index contributed by atoms with van der Waals surface area (Å²) in [5.74, 6) is 0.617. The molecule has 0 aliphatic carbocycles. The minimum Gasteiger partial charge on any atom is -0.384 e. The molecule has 0 saturated heterocycles. The van der Waals surface area contributed by atoms with Crippen LogP contribution in [0.4, 0.5) is 10.2 Å². The summed E-state index contributed by atoms with van der Waals surface area (Å²) in [6.45, 7) is 5.46. The lowest BCUT2D eigenvalue weighted by Crippen LogP contribution is -2.00. The van der Waals surface area contributed by atoms with Crippen LogP contribution in [0.5, 0.6) is 0 Å². The molecule has 0 bridgehead atoms. The van der Waals surface area contributed by atoms with Crippen molar-refractivity contribution in [2.75, 3.05) is 5.73 Å². The molecule has 4 heteroatoms. The normalized spacial score (nSPS) is 10.6. The predicted octanol–water partition coefficient (Wildman–Crippen LogP) is 2.79. The lowest BCUT2D eigenvalue weighted by atomic mass is 10.0. The van der Waals surface area contributed by atoms with Gasteiger partial charge in [0.1, 0.15) is 17.5 Å². The highest BCUT2D eigenvalue weighted by molar-refractivity contribution is 5.66. The summed E-state index contributed by atoms with van der Waals surface area (Å²) in [7, 11) is 0. The van der Waals surface area contributed by atoms with E-state index in [9.17, 15) is 4.39 Å². The summed E-state index contributed by atoms with van der Waals surface area (Å²) in [6, 6.07) is 5.01. The smallest absolute Gasteiger partial charge is 0.133 e. The molecule has 0 spiro atoms. The van der Waals surface area contributed by atoms with Crippen LogP contribution in [0.1, 0.15) is 17.0 Å². The number of nitrogens with two attached hydrogens (primary N) is 1. The van der Waals surface area contributed by atoms with Crippen LogP contribution < -0.4 is 5.73 Å². The van der Waals surface area contributed by atoms with E-state index in [1.165, 1.54) is 6.07 Å². The van der Waals surface area contributed by atoms with Gasteiger partial charge in [-0.05, 0) is 38.0 Å². The molecule has 2 rings (SSSR count). The highest BCUT2D eigenvalue weighted by Gasteiger charge is 2.12. The Morgan fingerprint density at radius 3 is 2.35 bits per heavy atom. The van der Waals surface area contributed by atoms with Crippen LogP contribution in [0.25, 0.3) is 11.3 Å². The van der Waals surface area contributed by atoms with Gasteiger partial charge in [-0.1, -0.05) is 6.07 Å². The zero-order valence-corrected chi connectivity index (χ0v) is 10.1. The van der Waals surface area contributed by atoms with Gasteiger partial charge < -0.3 is 5.73 Å². The average molecular weight is 231 g/mol. The molecule has 0 saturated carbocycles. The lowest BCUT2D eigenvalue weighted by molar-refractivity contribution is 0.628. The molecule has 0 fully saturated rings. The van der Waals surface area contributed by atoms with Crippen LogP contribution in [0.15, 0.2) is 18.2 Å². The lowest BCUT2D eigenvalue weighted by Gasteiger charge is -2.09. The number of hydrogen-bond donors (Lipinski definition) is 1. The van der Waals surface area contributed by atoms with E-state index in [0.29, 0.717) is 22.9 Å². The molecular formula is C13H14FN3. The molecule has 3 nitrogen and oxygen atoms in total. The zero-order chi connectivity index (χ0) is 12.6. The maximum atomic E-state index is 14.0. The van der Waals surface area contributed by atoms with Crippen molar-refractivity contribution in [3.8, 4) is 11.3 Å². The fraction of sp³-hybridized carbons (Fsp3) is 0.231. The van der Waals surface area contributed by atoms with E-state index < -0.39 is 0 Å². The SMILES string of the molecule is Cc1cc(C)c(-c2cc(N)nc(C)n2)c(F)c1. The van der Waals surface area contributed by atoms with Crippen molar-refractivity contribution >= 4 is 5.82 Å². The zero-order valence-electron chi connectivity index (χ0n) is 10.1. The Kier molecular flexibility index (Phi) is 2.79. The molecule has 17 heavy (non-hydrogen) atoms. The number of hydrogen-bond acceptors (Lipinski definition) is 3. The Hall–Kier alpha value is -1.97. The number of aryl methyl sites for hydroxylation is 3. The van der Waals surface area contributed by atoms with E-state index in [4.69, 9.17) is 5.73 Å². The third-order valence-electron chi connectivity index (χ3n) is 2.55. The molecule has 2 aromatic rings. The van der Waals surface area contributed by atoms with Gasteiger partial charge in [0.05, 0.1) is 5.69 Å². The molecule has 0 aliphatic heterocycles. The standard InChI is InChI=1S/C13H14FN3/c1-7-4-8(2)13(10(14)5-7)11-6-12(15)17-9(3)16-11/h4-6H,1-3H3,(H2,15,16,17). The summed E-state index contributed by atoms with van der Waals surface area (Å²) in [5.41, 5.74) is 8.42. The number of rotatable bonds is 1. The van der Waals surface area contributed by atoms with E-state index >= 15 is 0 Å². The van der Waals surface area contributed by atoms with Crippen molar-refractivity contribution in [1.29, 1.82) is 0 Å². The van der Waals surface area contributed by atoms with Gasteiger partial charge in [-0.15, -0.1) is 0 Å². The molecule has 1 aromatic carbocycles. The second-order valence-corrected chi connectivity index (χ2v) is 4.16. The van der Waals surface area contributed by atoms with Gasteiger partial charge in [0.15, 0.2) is 0 Å². The largest absolute Gasteiger partial charge is 0.384 e. The van der Waals surface area contributed by atoms with Crippen LogP contribution >= 0.6 is 0 Å². The van der Waals surface area contributed by atoms with Crippen LogP contribution in [-0.4, -0.2) is 9.97 Å². The minimum absolute atomic E-state index is 0.278. The fourth-order valence-corrected chi connectivity index (χ4v) is 1.96. The van der Waals surface area contributed by atoms with Gasteiger partial charge in [0.2, 0.25) is 0 Å². The second-order valence-electron chi connectivity index (χ2n) is 4.16. The summed E-state index contributed by atoms with van der Waals surface area (Å²) < 4.78 is 14.0. The topological polar surface area (TPSA) is 51.8 Å². The molecular weight excluding hydrogens is 217 g/mol. The Morgan fingerprint density at radius 2 is 1.76 bits per heavy atom. The highest BCUT2D eigenvalue weighted by atomic mass is 19.1. The number of nitrogens with zero attached hydrogens (tertiary/aromatic N) is 2. The average Bonchev–Trinajstić information content (AvgIpc) is 2.13. The van der Waals surface area contributed by atoms with E-state index in [0.717, 1.165) is 11.1 Å². The molecule has 0 radical (unpaired) electrons. The van der Waals surface area contributed by atoms with Gasteiger partial charge in [-0.3, -0.25) is 0 Å². The van der Waals surface area contributed by atoms with E-state index in [-0.39, 0.29) is 5.82 Å². The van der Waals surface area contributed by atoms with E-state index in [1.807, 2.05) is 19.9 Å². The second kappa shape index (κ2) is 4.13. The van der Waals surface area contributed by atoms with Crippen molar-refractivity contribution in [2.24, 2.45) is 0 Å². The minimum atomic E-state index is -0.278. The van der Waals surface area contributed by atoms with E-state index in [2.05, 4.69) is 9.97 Å². The third-order valence-corrected chi connectivity index (χ3v) is 2.55. The molecule has 0 atom stereocenters. The molecule has 1 aromatic heterocycles. The van der Waals surface area contributed by atoms with Crippen molar-refractivity contribution in [2.45, 2.75) is 20.8 Å². The first-order valence-corrected chi connectivity index (χ1v) is 5.35. The van der Waals surface area contributed by atoms with Crippen LogP contribution in [0.2, 0.25) is 0 Å². The Labute approximate surface area is 99.5 Å². The Balaban J connectivity index is 2.68. The maximum absolute atomic E-state index is 14.0. The summed E-state index contributed by atoms with van der Waals surface area (Å²) in [4.78, 5) is 8.21. The quantitative estimate of drug-likeness (QED) is 0.821. The van der Waals surface area contributed by atoms with Gasteiger partial charge >= 0.3 is 0 Å². The van der Waals surface area contributed by atoms with Crippen LogP contribution in [0.3, 0.4) is 0 Å². The number of benzene rings is 1. The summed E-state index contributed by atoms with van der Waals surface area (Å²) in [6.07, 6.45) is 0. The maximum Gasteiger partial charge on any atom is 0.133 e. The molecule has 0 unspecified atom stereocenters. The first kappa shape index (κ1) is 11.5. The molecule has 1 heterocycles. The van der Waals surface area contributed by atoms with E-state index in [1.54, 1.807) is 13.0 Å². The number of aromatic nitrogens is 2. The highest BCUT2D eigenvalue weighted by Crippen LogP contribution is 2.27. The van der Waals surface area contributed by atoms with Gasteiger partial charge in [-0.2, -0.15) is 0 Å². The molecule has 88 valence electrons. The van der Waals surface area contributed by atoms with Gasteiger partial charge in [-0.25, -0.2) is 14.4 Å². The van der Waals surface area contributed by atoms with Crippen molar-refractivity contribution < 1.29 is 4.39 Å². The van der Waals surface area contributed by atoms with Crippen LogP contribution in [-0.2, 0) is 0 Å². The number of halogens is 1. The van der Waals surface area contributed by atoms with Crippen molar-refractivity contribution in [3.05, 3.63) is 41.0 Å².